The van der Waals surface area contributed by atoms with Crippen molar-refractivity contribution in [1.82, 2.24) is 9.21 Å². The molecule has 1 aliphatic rings. The topological polar surface area (TPSA) is 76.2 Å². The summed E-state index contributed by atoms with van der Waals surface area (Å²) in [6.07, 6.45) is 3.11. The Kier molecular flexibility index (Phi) is 7.48. The van der Waals surface area contributed by atoms with Crippen LogP contribution in [0.3, 0.4) is 0 Å². The summed E-state index contributed by atoms with van der Waals surface area (Å²) in [4.78, 5) is 14.1. The van der Waals surface area contributed by atoms with Crippen LogP contribution >= 0.6 is 23.2 Å². The Morgan fingerprint density at radius 2 is 1.71 bits per heavy atom. The minimum Gasteiger partial charge on any atom is -0.497 e. The van der Waals surface area contributed by atoms with E-state index in [9.17, 15) is 13.2 Å². The quantitative estimate of drug-likeness (QED) is 0.585. The Bertz CT molecular complexity index is 1100. The molecule has 31 heavy (non-hydrogen) atoms. The lowest BCUT2D eigenvalue weighted by atomic mass is 10.1. The van der Waals surface area contributed by atoms with Crippen LogP contribution in [-0.2, 0) is 14.8 Å². The summed E-state index contributed by atoms with van der Waals surface area (Å²) in [7, 11) is -0.698. The molecule has 0 spiro atoms. The van der Waals surface area contributed by atoms with Crippen molar-refractivity contribution in [3.63, 3.8) is 0 Å². The number of hydrogen-bond acceptors (Lipinski definition) is 5. The molecule has 1 saturated heterocycles. The number of benzene rings is 2. The van der Waals surface area contributed by atoms with Gasteiger partial charge in [0.05, 0.1) is 19.2 Å². The zero-order valence-electron chi connectivity index (χ0n) is 17.0. The van der Waals surface area contributed by atoms with Crippen molar-refractivity contribution >= 4 is 45.2 Å². The third-order valence-electron chi connectivity index (χ3n) is 4.91. The molecule has 0 unspecified atom stereocenters. The van der Waals surface area contributed by atoms with E-state index in [4.69, 9.17) is 32.7 Å². The van der Waals surface area contributed by atoms with Crippen molar-refractivity contribution in [1.29, 1.82) is 0 Å². The largest absolute Gasteiger partial charge is 0.497 e. The molecule has 7 nitrogen and oxygen atoms in total. The molecule has 0 atom stereocenters. The van der Waals surface area contributed by atoms with Gasteiger partial charge in [0.25, 0.3) is 0 Å². The van der Waals surface area contributed by atoms with Gasteiger partial charge in [-0.3, -0.25) is 4.79 Å². The van der Waals surface area contributed by atoms with Gasteiger partial charge in [0, 0.05) is 48.9 Å². The van der Waals surface area contributed by atoms with E-state index >= 15 is 0 Å². The van der Waals surface area contributed by atoms with E-state index in [-0.39, 0.29) is 47.0 Å². The lowest BCUT2D eigenvalue weighted by Crippen LogP contribution is -2.50. The fourth-order valence-corrected chi connectivity index (χ4v) is 5.34. The molecule has 10 heteroatoms. The van der Waals surface area contributed by atoms with Crippen molar-refractivity contribution in [2.45, 2.75) is 4.90 Å². The second-order valence-corrected chi connectivity index (χ2v) is 9.50. The van der Waals surface area contributed by atoms with Crippen LogP contribution in [0, 0.1) is 0 Å². The van der Waals surface area contributed by atoms with E-state index in [1.807, 2.05) is 0 Å². The highest BCUT2D eigenvalue weighted by molar-refractivity contribution is 7.89. The summed E-state index contributed by atoms with van der Waals surface area (Å²) in [6.45, 7) is 0.855. The molecule has 166 valence electrons. The molecule has 2 aromatic rings. The lowest BCUT2D eigenvalue weighted by Gasteiger charge is -2.33. The predicted molar refractivity (Wildman–Crippen MR) is 120 cm³/mol. The van der Waals surface area contributed by atoms with Crippen LogP contribution in [0.2, 0.25) is 10.0 Å². The summed E-state index contributed by atoms with van der Waals surface area (Å²) in [5.41, 5.74) is 0.730. The number of methoxy groups -OCH3 is 2. The lowest BCUT2D eigenvalue weighted by molar-refractivity contribution is -0.127. The predicted octanol–water partition coefficient (Wildman–Crippen LogP) is 3.56. The second-order valence-electron chi connectivity index (χ2n) is 6.75. The van der Waals surface area contributed by atoms with Gasteiger partial charge in [-0.15, -0.1) is 0 Å². The summed E-state index contributed by atoms with van der Waals surface area (Å²) < 4.78 is 37.6. The Morgan fingerprint density at radius 3 is 2.35 bits per heavy atom. The first-order chi connectivity index (χ1) is 14.8. The van der Waals surface area contributed by atoms with Crippen molar-refractivity contribution in [2.24, 2.45) is 0 Å². The number of hydrogen-bond donors (Lipinski definition) is 0. The van der Waals surface area contributed by atoms with Gasteiger partial charge in [-0.2, -0.15) is 4.31 Å². The molecule has 2 aromatic carbocycles. The maximum absolute atomic E-state index is 12.9. The first-order valence-electron chi connectivity index (χ1n) is 9.40. The van der Waals surface area contributed by atoms with Crippen molar-refractivity contribution in [3.8, 4) is 11.5 Å². The maximum atomic E-state index is 12.9. The SMILES string of the molecule is COc1ccc(/C=C/C(=O)N2CCN(S(=O)(=O)c3cc(Cl)ccc3Cl)CC2)c(OC)c1. The van der Waals surface area contributed by atoms with Crippen LogP contribution < -0.4 is 9.47 Å². The van der Waals surface area contributed by atoms with E-state index in [0.29, 0.717) is 11.5 Å². The highest BCUT2D eigenvalue weighted by Crippen LogP contribution is 2.29. The maximum Gasteiger partial charge on any atom is 0.246 e. The number of rotatable bonds is 6. The first-order valence-corrected chi connectivity index (χ1v) is 11.6. The highest BCUT2D eigenvalue weighted by atomic mass is 35.5. The van der Waals surface area contributed by atoms with Gasteiger partial charge in [-0.05, 0) is 36.4 Å². The molecule has 0 bridgehead atoms. The molecule has 0 saturated carbocycles. The summed E-state index contributed by atoms with van der Waals surface area (Å²) >= 11 is 12.0. The smallest absolute Gasteiger partial charge is 0.246 e. The van der Waals surface area contributed by atoms with Crippen LogP contribution in [0.5, 0.6) is 11.5 Å². The fourth-order valence-electron chi connectivity index (χ4n) is 3.19. The fraction of sp³-hybridized carbons (Fsp3) is 0.286. The number of nitrogens with zero attached hydrogens (tertiary/aromatic N) is 2. The molecule has 1 aliphatic heterocycles. The van der Waals surface area contributed by atoms with Crippen LogP contribution in [0.25, 0.3) is 6.08 Å². The van der Waals surface area contributed by atoms with E-state index < -0.39 is 10.0 Å². The number of sulfonamides is 1. The highest BCUT2D eigenvalue weighted by Gasteiger charge is 2.31. The van der Waals surface area contributed by atoms with Gasteiger partial charge >= 0.3 is 0 Å². The number of amides is 1. The van der Waals surface area contributed by atoms with Crippen LogP contribution in [-0.4, -0.2) is 63.9 Å². The van der Waals surface area contributed by atoms with Crippen LogP contribution in [0.15, 0.2) is 47.4 Å². The third kappa shape index (κ3) is 5.33. The Hall–Kier alpha value is -2.26. The molecule has 1 heterocycles. The Labute approximate surface area is 191 Å². The average molecular weight is 485 g/mol. The third-order valence-corrected chi connectivity index (χ3v) is 7.52. The number of halogens is 2. The summed E-state index contributed by atoms with van der Waals surface area (Å²) in [6, 6.07) is 9.62. The van der Waals surface area contributed by atoms with Gasteiger partial charge in [-0.25, -0.2) is 8.42 Å². The van der Waals surface area contributed by atoms with Gasteiger partial charge in [0.1, 0.15) is 16.4 Å². The number of carbonyl (C=O) groups excluding carboxylic acids is 1. The summed E-state index contributed by atoms with van der Waals surface area (Å²) in [5.74, 6) is 1.02. The molecular weight excluding hydrogens is 463 g/mol. The van der Waals surface area contributed by atoms with Gasteiger partial charge in [0.2, 0.25) is 15.9 Å². The van der Waals surface area contributed by atoms with Crippen LogP contribution in [0.1, 0.15) is 5.56 Å². The van der Waals surface area contributed by atoms with E-state index in [2.05, 4.69) is 0 Å². The molecular formula is C21H22Cl2N2O5S. The first kappa shape index (κ1) is 23.4. The van der Waals surface area contributed by atoms with E-state index in [1.165, 1.54) is 28.6 Å². The van der Waals surface area contributed by atoms with Crippen molar-refractivity contribution in [3.05, 3.63) is 58.1 Å². The number of piperazine rings is 1. The summed E-state index contributed by atoms with van der Waals surface area (Å²) in [5, 5.41) is 0.398. The Balaban J connectivity index is 1.66. The standard InChI is InChI=1S/C21H22Cl2N2O5S/c1-29-17-6-3-15(19(14-17)30-2)4-8-21(26)24-9-11-25(12-10-24)31(27,28)20-13-16(22)5-7-18(20)23/h3-8,13-14H,9-12H2,1-2H3/b8-4+. The second kappa shape index (κ2) is 9.91. The minimum absolute atomic E-state index is 0.0343. The molecule has 3 rings (SSSR count). The van der Waals surface area contributed by atoms with Crippen molar-refractivity contribution < 1.29 is 22.7 Å². The molecule has 0 N–H and O–H groups in total. The number of ether oxygens (including phenoxy) is 2. The molecule has 0 radical (unpaired) electrons. The zero-order valence-corrected chi connectivity index (χ0v) is 19.4. The molecule has 0 aromatic heterocycles. The normalized spacial score (nSPS) is 15.3. The van der Waals surface area contributed by atoms with E-state index in [1.54, 1.807) is 43.4 Å². The van der Waals surface area contributed by atoms with E-state index in [0.717, 1.165) is 5.56 Å². The average Bonchev–Trinajstić information content (AvgIpc) is 2.78. The van der Waals surface area contributed by atoms with Gasteiger partial charge < -0.3 is 14.4 Å². The monoisotopic (exact) mass is 484 g/mol. The molecule has 1 fully saturated rings. The van der Waals surface area contributed by atoms with Crippen molar-refractivity contribution in [2.75, 3.05) is 40.4 Å². The van der Waals surface area contributed by atoms with Crippen LogP contribution in [0.4, 0.5) is 0 Å². The molecule has 0 aliphatic carbocycles. The Morgan fingerprint density at radius 1 is 1.00 bits per heavy atom. The van der Waals surface area contributed by atoms with Gasteiger partial charge in [-0.1, -0.05) is 23.2 Å². The number of carbonyl (C=O) groups is 1. The zero-order chi connectivity index (χ0) is 22.6. The minimum atomic E-state index is -3.80. The van der Waals surface area contributed by atoms with Gasteiger partial charge in [0.15, 0.2) is 0 Å². The molecule has 1 amide bonds.